The highest BCUT2D eigenvalue weighted by atomic mass is 16.6. The standard InChI is InChI=1S/C31H30N6O5/c1-20-27(30-34-26(35-42-30)18-36(3)17-22-9-5-4-6-10-22)29(24-12-7-13-25(15-24)37(39)40)28(21(2)33-20)31(38)41-19-23-11-8-14-32-16-23/h4-16,28-29H,17-19H2,1-3H3. The summed E-state index contributed by atoms with van der Waals surface area (Å²) in [6.07, 6.45) is 3.26. The molecule has 5 rings (SSSR count). The van der Waals surface area contributed by atoms with E-state index in [1.54, 1.807) is 44.4 Å². The molecule has 0 radical (unpaired) electrons. The van der Waals surface area contributed by atoms with Gasteiger partial charge in [0.1, 0.15) is 12.5 Å². The second kappa shape index (κ2) is 12.6. The molecule has 0 saturated carbocycles. The van der Waals surface area contributed by atoms with Gasteiger partial charge in [-0.25, -0.2) is 0 Å². The van der Waals surface area contributed by atoms with Gasteiger partial charge in [0.2, 0.25) is 0 Å². The highest BCUT2D eigenvalue weighted by Gasteiger charge is 2.42. The van der Waals surface area contributed by atoms with Gasteiger partial charge in [-0.05, 0) is 38.1 Å². The molecule has 11 heteroatoms. The quantitative estimate of drug-likeness (QED) is 0.141. The number of carbonyl (C=O) groups excluding carboxylic acids is 1. The van der Waals surface area contributed by atoms with Crippen LogP contribution in [0, 0.1) is 16.0 Å². The molecular formula is C31H30N6O5. The lowest BCUT2D eigenvalue weighted by Crippen LogP contribution is -2.34. The molecule has 42 heavy (non-hydrogen) atoms. The van der Waals surface area contributed by atoms with Crippen LogP contribution in [0.2, 0.25) is 0 Å². The summed E-state index contributed by atoms with van der Waals surface area (Å²) in [6.45, 7) is 4.68. The van der Waals surface area contributed by atoms with Crippen molar-refractivity contribution in [3.8, 4) is 0 Å². The van der Waals surface area contributed by atoms with Crippen LogP contribution in [0.4, 0.5) is 5.69 Å². The molecule has 4 aromatic rings. The molecule has 0 bridgehead atoms. The first kappa shape index (κ1) is 28.5. The van der Waals surface area contributed by atoms with Crippen molar-refractivity contribution in [2.24, 2.45) is 10.9 Å². The van der Waals surface area contributed by atoms with Crippen molar-refractivity contribution in [1.82, 2.24) is 20.0 Å². The molecule has 3 heterocycles. The molecule has 2 aromatic carbocycles. The van der Waals surface area contributed by atoms with E-state index >= 15 is 0 Å². The summed E-state index contributed by atoms with van der Waals surface area (Å²) in [4.78, 5) is 40.3. The lowest BCUT2D eigenvalue weighted by molar-refractivity contribution is -0.384. The molecule has 0 spiro atoms. The number of nitro groups is 1. The van der Waals surface area contributed by atoms with E-state index in [4.69, 9.17) is 9.26 Å². The molecule has 2 unspecified atom stereocenters. The van der Waals surface area contributed by atoms with Crippen molar-refractivity contribution < 1.29 is 19.0 Å². The Hall–Kier alpha value is -5.03. The van der Waals surface area contributed by atoms with E-state index in [2.05, 4.69) is 25.0 Å². The minimum absolute atomic E-state index is 0.0224. The predicted octanol–water partition coefficient (Wildman–Crippen LogP) is 5.35. The summed E-state index contributed by atoms with van der Waals surface area (Å²) in [5.74, 6) is -1.45. The summed E-state index contributed by atoms with van der Waals surface area (Å²) < 4.78 is 11.5. The molecule has 11 nitrogen and oxygen atoms in total. The number of aromatic nitrogens is 3. The number of hydrogen-bond acceptors (Lipinski definition) is 10. The average molecular weight is 567 g/mol. The molecule has 2 atom stereocenters. The Kier molecular flexibility index (Phi) is 8.58. The Morgan fingerprint density at radius 1 is 1.05 bits per heavy atom. The summed E-state index contributed by atoms with van der Waals surface area (Å²) in [5, 5.41) is 15.9. The summed E-state index contributed by atoms with van der Waals surface area (Å²) >= 11 is 0. The molecule has 1 aliphatic rings. The number of nitrogens with zero attached hydrogens (tertiary/aromatic N) is 6. The van der Waals surface area contributed by atoms with Crippen LogP contribution < -0.4 is 0 Å². The Balaban J connectivity index is 1.48. The van der Waals surface area contributed by atoms with Gasteiger partial charge in [-0.15, -0.1) is 0 Å². The predicted molar refractivity (Wildman–Crippen MR) is 155 cm³/mol. The molecule has 0 saturated heterocycles. The highest BCUT2D eigenvalue weighted by Crippen LogP contribution is 2.44. The van der Waals surface area contributed by atoms with Crippen molar-refractivity contribution in [1.29, 1.82) is 0 Å². The van der Waals surface area contributed by atoms with Gasteiger partial charge in [-0.1, -0.05) is 53.7 Å². The van der Waals surface area contributed by atoms with E-state index in [-0.39, 0.29) is 18.2 Å². The van der Waals surface area contributed by atoms with Gasteiger partial charge < -0.3 is 9.26 Å². The van der Waals surface area contributed by atoms with Gasteiger partial charge in [-0.2, -0.15) is 4.98 Å². The minimum atomic E-state index is -0.876. The van der Waals surface area contributed by atoms with Crippen LogP contribution in [-0.4, -0.2) is 43.7 Å². The zero-order valence-electron chi connectivity index (χ0n) is 23.5. The first-order valence-corrected chi connectivity index (χ1v) is 13.4. The maximum atomic E-state index is 13.6. The van der Waals surface area contributed by atoms with E-state index in [1.165, 1.54) is 12.1 Å². The number of pyridine rings is 1. The van der Waals surface area contributed by atoms with Gasteiger partial charge in [0.15, 0.2) is 5.82 Å². The second-order valence-electron chi connectivity index (χ2n) is 10.2. The van der Waals surface area contributed by atoms with Crippen molar-refractivity contribution in [2.45, 2.75) is 39.5 Å². The summed E-state index contributed by atoms with van der Waals surface area (Å²) in [6, 6.07) is 19.8. The molecule has 0 amide bonds. The van der Waals surface area contributed by atoms with Gasteiger partial charge in [0.05, 0.1) is 11.5 Å². The fourth-order valence-electron chi connectivity index (χ4n) is 5.16. The zero-order valence-corrected chi connectivity index (χ0v) is 23.5. The lowest BCUT2D eigenvalue weighted by Gasteiger charge is -2.31. The summed E-state index contributed by atoms with van der Waals surface area (Å²) in [5.41, 5.74) is 3.94. The Morgan fingerprint density at radius 3 is 2.57 bits per heavy atom. The van der Waals surface area contributed by atoms with E-state index in [9.17, 15) is 14.9 Å². The van der Waals surface area contributed by atoms with Gasteiger partial charge in [0, 0.05) is 59.5 Å². The van der Waals surface area contributed by atoms with Crippen molar-refractivity contribution in [2.75, 3.05) is 7.05 Å². The molecule has 214 valence electrons. The van der Waals surface area contributed by atoms with E-state index in [1.807, 2.05) is 43.4 Å². The number of rotatable bonds is 10. The van der Waals surface area contributed by atoms with Crippen LogP contribution in [0.3, 0.4) is 0 Å². The number of hydrogen-bond donors (Lipinski definition) is 0. The Morgan fingerprint density at radius 2 is 1.83 bits per heavy atom. The number of benzene rings is 2. The van der Waals surface area contributed by atoms with Gasteiger partial charge in [-0.3, -0.25) is 29.8 Å². The van der Waals surface area contributed by atoms with Crippen LogP contribution in [0.25, 0.3) is 5.57 Å². The van der Waals surface area contributed by atoms with E-state index in [0.717, 1.165) is 11.1 Å². The number of esters is 1. The number of nitro benzene ring substituents is 1. The molecule has 0 fully saturated rings. The van der Waals surface area contributed by atoms with Crippen molar-refractivity contribution in [3.05, 3.63) is 123 Å². The maximum Gasteiger partial charge on any atom is 0.315 e. The van der Waals surface area contributed by atoms with Crippen LogP contribution in [0.15, 0.2) is 94.3 Å². The fourth-order valence-corrected chi connectivity index (χ4v) is 5.16. The van der Waals surface area contributed by atoms with Crippen molar-refractivity contribution in [3.63, 3.8) is 0 Å². The second-order valence-corrected chi connectivity index (χ2v) is 10.2. The van der Waals surface area contributed by atoms with Gasteiger partial charge >= 0.3 is 5.97 Å². The van der Waals surface area contributed by atoms with Crippen LogP contribution in [-0.2, 0) is 29.2 Å². The molecule has 0 aliphatic carbocycles. The third kappa shape index (κ3) is 6.47. The normalized spacial score (nSPS) is 16.8. The van der Waals surface area contributed by atoms with E-state index < -0.39 is 22.7 Å². The molecule has 0 N–H and O–H groups in total. The number of carbonyl (C=O) groups is 1. The monoisotopic (exact) mass is 566 g/mol. The number of ether oxygens (including phenoxy) is 1. The molecule has 2 aromatic heterocycles. The molecule has 1 aliphatic heterocycles. The zero-order chi connectivity index (χ0) is 29.6. The van der Waals surface area contributed by atoms with Crippen LogP contribution >= 0.6 is 0 Å². The Labute approximate surface area is 242 Å². The van der Waals surface area contributed by atoms with Crippen LogP contribution in [0.1, 0.15) is 48.2 Å². The smallest absolute Gasteiger partial charge is 0.315 e. The topological polar surface area (TPSA) is 137 Å². The lowest BCUT2D eigenvalue weighted by atomic mass is 9.75. The minimum Gasteiger partial charge on any atom is -0.460 e. The SMILES string of the molecule is CC1=NC(C)=C(c2nc(CN(C)Cc3ccccc3)no2)C(c2cccc([N+](=O)[O-])c2)C1C(=O)OCc1cccnc1. The Bertz CT molecular complexity index is 1630. The third-order valence-corrected chi connectivity index (χ3v) is 7.03. The first-order valence-electron chi connectivity index (χ1n) is 13.4. The van der Waals surface area contributed by atoms with Gasteiger partial charge in [0.25, 0.3) is 11.6 Å². The van der Waals surface area contributed by atoms with E-state index in [0.29, 0.717) is 41.5 Å². The number of non-ortho nitro benzene ring substituents is 1. The fraction of sp³-hybridized carbons (Fsp3) is 0.258. The maximum absolute atomic E-state index is 13.6. The largest absolute Gasteiger partial charge is 0.460 e. The molecular weight excluding hydrogens is 536 g/mol. The summed E-state index contributed by atoms with van der Waals surface area (Å²) in [7, 11) is 1.96. The highest BCUT2D eigenvalue weighted by molar-refractivity contribution is 6.06. The average Bonchev–Trinajstić information content (AvgIpc) is 3.44. The number of allylic oxidation sites excluding steroid dienone is 2. The van der Waals surface area contributed by atoms with Crippen LogP contribution in [0.5, 0.6) is 0 Å². The number of aliphatic imine (C=N–C) groups is 1. The first-order chi connectivity index (χ1) is 20.3. The van der Waals surface area contributed by atoms with Crippen molar-refractivity contribution >= 4 is 22.9 Å². The third-order valence-electron chi connectivity index (χ3n) is 7.03.